The van der Waals surface area contributed by atoms with Gasteiger partial charge in [-0.2, -0.15) is 0 Å². The van der Waals surface area contributed by atoms with Crippen LogP contribution >= 0.6 is 0 Å². The first-order valence-electron chi connectivity index (χ1n) is 4.63. The van der Waals surface area contributed by atoms with Crippen molar-refractivity contribution < 1.29 is 0 Å². The molecule has 2 heterocycles. The van der Waals surface area contributed by atoms with Crippen LogP contribution in [0.2, 0.25) is 0 Å². The normalized spacial score (nSPS) is 9.07. The van der Waals surface area contributed by atoms with Gasteiger partial charge < -0.3 is 0 Å². The Balaban J connectivity index is 0.000000461. The predicted octanol–water partition coefficient (Wildman–Crippen LogP) is 2.00. The first-order chi connectivity index (χ1) is 6.86. The zero-order valence-electron chi connectivity index (χ0n) is 8.68. The van der Waals surface area contributed by atoms with Crippen molar-refractivity contribution in [3.63, 3.8) is 0 Å². The lowest BCUT2D eigenvalue weighted by Gasteiger charge is -1.99. The van der Waals surface area contributed by atoms with E-state index in [2.05, 4.69) is 15.0 Å². The average molecular weight is 190 g/mol. The molecule has 0 aliphatic rings. The van der Waals surface area contributed by atoms with Crippen LogP contribution in [0.25, 0.3) is 5.82 Å². The minimum absolute atomic E-state index is 0.847. The van der Waals surface area contributed by atoms with E-state index < -0.39 is 0 Å². The second-order valence-electron chi connectivity index (χ2n) is 2.49. The standard InChI is InChI=1S/C8H8N4.C2H6/c1-7-4-8(11-5-10-7)12-3-2-9-6-12;1-2/h2-6H,1H3;1-2H3. The van der Waals surface area contributed by atoms with Gasteiger partial charge in [0.2, 0.25) is 0 Å². The highest BCUT2D eigenvalue weighted by molar-refractivity contribution is 5.22. The summed E-state index contributed by atoms with van der Waals surface area (Å²) in [4.78, 5) is 12.0. The summed E-state index contributed by atoms with van der Waals surface area (Å²) in [5, 5.41) is 0. The third-order valence-electron chi connectivity index (χ3n) is 1.56. The van der Waals surface area contributed by atoms with Gasteiger partial charge >= 0.3 is 0 Å². The minimum Gasteiger partial charge on any atom is -0.290 e. The molecule has 0 aliphatic carbocycles. The number of nitrogens with zero attached hydrogens (tertiary/aromatic N) is 4. The van der Waals surface area contributed by atoms with Crippen molar-refractivity contribution in [1.29, 1.82) is 0 Å². The van der Waals surface area contributed by atoms with Crippen molar-refractivity contribution in [2.45, 2.75) is 20.8 Å². The lowest BCUT2D eigenvalue weighted by Crippen LogP contribution is -1.95. The molecule has 0 bridgehead atoms. The van der Waals surface area contributed by atoms with E-state index in [1.54, 1.807) is 18.9 Å². The van der Waals surface area contributed by atoms with Crippen LogP contribution in [0.4, 0.5) is 0 Å². The Labute approximate surface area is 83.7 Å². The largest absolute Gasteiger partial charge is 0.290 e. The highest BCUT2D eigenvalue weighted by Crippen LogP contribution is 2.02. The summed E-state index contributed by atoms with van der Waals surface area (Å²) in [6.07, 6.45) is 6.83. The molecule has 14 heavy (non-hydrogen) atoms. The van der Waals surface area contributed by atoms with E-state index in [-0.39, 0.29) is 0 Å². The van der Waals surface area contributed by atoms with E-state index in [9.17, 15) is 0 Å². The van der Waals surface area contributed by atoms with Gasteiger partial charge in [0.15, 0.2) is 0 Å². The smallest absolute Gasteiger partial charge is 0.141 e. The lowest BCUT2D eigenvalue weighted by molar-refractivity contribution is 0.956. The number of aromatic nitrogens is 4. The summed E-state index contributed by atoms with van der Waals surface area (Å²) in [6, 6.07) is 1.90. The highest BCUT2D eigenvalue weighted by atomic mass is 15.1. The van der Waals surface area contributed by atoms with E-state index >= 15 is 0 Å². The summed E-state index contributed by atoms with van der Waals surface area (Å²) < 4.78 is 1.84. The maximum Gasteiger partial charge on any atom is 0.141 e. The zero-order valence-corrected chi connectivity index (χ0v) is 8.68. The van der Waals surface area contributed by atoms with Gasteiger partial charge in [-0.3, -0.25) is 4.57 Å². The Hall–Kier alpha value is -1.71. The predicted molar refractivity (Wildman–Crippen MR) is 55.2 cm³/mol. The summed E-state index contributed by atoms with van der Waals surface area (Å²) in [5.74, 6) is 0.847. The molecular formula is C10H14N4. The quantitative estimate of drug-likeness (QED) is 0.690. The Bertz CT molecular complexity index is 367. The fraction of sp³-hybridized carbons (Fsp3) is 0.300. The van der Waals surface area contributed by atoms with Crippen LogP contribution in [0.3, 0.4) is 0 Å². The molecule has 74 valence electrons. The lowest BCUT2D eigenvalue weighted by atomic mass is 10.4. The number of rotatable bonds is 1. The molecule has 0 fully saturated rings. The number of imidazole rings is 1. The molecule has 0 radical (unpaired) electrons. The van der Waals surface area contributed by atoms with Crippen molar-refractivity contribution in [1.82, 2.24) is 19.5 Å². The van der Waals surface area contributed by atoms with Crippen LogP contribution in [-0.2, 0) is 0 Å². The second kappa shape index (κ2) is 5.11. The molecule has 4 heteroatoms. The van der Waals surface area contributed by atoms with E-state index in [1.165, 1.54) is 0 Å². The van der Waals surface area contributed by atoms with Crippen LogP contribution < -0.4 is 0 Å². The maximum absolute atomic E-state index is 4.09. The van der Waals surface area contributed by atoms with E-state index in [4.69, 9.17) is 0 Å². The molecule has 0 N–H and O–H groups in total. The Kier molecular flexibility index (Phi) is 3.79. The number of hydrogen-bond donors (Lipinski definition) is 0. The Morgan fingerprint density at radius 3 is 2.57 bits per heavy atom. The van der Waals surface area contributed by atoms with Gasteiger partial charge in [-0.25, -0.2) is 15.0 Å². The minimum atomic E-state index is 0.847. The monoisotopic (exact) mass is 190 g/mol. The average Bonchev–Trinajstić information content (AvgIpc) is 2.74. The van der Waals surface area contributed by atoms with E-state index in [0.29, 0.717) is 0 Å². The van der Waals surface area contributed by atoms with Crippen LogP contribution in [-0.4, -0.2) is 19.5 Å². The van der Waals surface area contributed by atoms with Crippen LogP contribution in [0.15, 0.2) is 31.1 Å². The molecular weight excluding hydrogens is 176 g/mol. The van der Waals surface area contributed by atoms with E-state index in [0.717, 1.165) is 11.5 Å². The van der Waals surface area contributed by atoms with Gasteiger partial charge in [0, 0.05) is 24.2 Å². The zero-order chi connectivity index (χ0) is 10.4. The first kappa shape index (κ1) is 10.4. The molecule has 0 saturated carbocycles. The Morgan fingerprint density at radius 1 is 1.21 bits per heavy atom. The molecule has 0 unspecified atom stereocenters. The molecule has 0 atom stereocenters. The van der Waals surface area contributed by atoms with Gasteiger partial charge in [-0.1, -0.05) is 13.8 Å². The highest BCUT2D eigenvalue weighted by Gasteiger charge is 1.95. The molecule has 0 aromatic carbocycles. The second-order valence-corrected chi connectivity index (χ2v) is 2.49. The van der Waals surface area contributed by atoms with Gasteiger partial charge in [-0.05, 0) is 6.92 Å². The van der Waals surface area contributed by atoms with Crippen LogP contribution in [0, 0.1) is 6.92 Å². The van der Waals surface area contributed by atoms with Crippen molar-refractivity contribution in [3.8, 4) is 5.82 Å². The summed E-state index contributed by atoms with van der Waals surface area (Å²) in [7, 11) is 0. The SMILES string of the molecule is CC.Cc1cc(-n2ccnc2)ncn1. The topological polar surface area (TPSA) is 43.6 Å². The van der Waals surface area contributed by atoms with Crippen molar-refractivity contribution in [2.24, 2.45) is 0 Å². The molecule has 2 aromatic rings. The summed E-state index contributed by atoms with van der Waals surface area (Å²) >= 11 is 0. The molecule has 0 aliphatic heterocycles. The van der Waals surface area contributed by atoms with Crippen molar-refractivity contribution >= 4 is 0 Å². The molecule has 2 aromatic heterocycles. The summed E-state index contributed by atoms with van der Waals surface area (Å²) in [6.45, 7) is 5.93. The van der Waals surface area contributed by atoms with Crippen molar-refractivity contribution in [2.75, 3.05) is 0 Å². The molecule has 4 nitrogen and oxygen atoms in total. The Morgan fingerprint density at radius 2 is 2.00 bits per heavy atom. The van der Waals surface area contributed by atoms with Gasteiger partial charge in [-0.15, -0.1) is 0 Å². The fourth-order valence-electron chi connectivity index (χ4n) is 0.976. The van der Waals surface area contributed by atoms with E-state index in [1.807, 2.05) is 37.6 Å². The van der Waals surface area contributed by atoms with Gasteiger partial charge in [0.25, 0.3) is 0 Å². The molecule has 0 spiro atoms. The molecule has 0 saturated heterocycles. The molecule has 2 rings (SSSR count). The maximum atomic E-state index is 4.09. The fourth-order valence-corrected chi connectivity index (χ4v) is 0.976. The third-order valence-corrected chi connectivity index (χ3v) is 1.56. The third kappa shape index (κ3) is 2.39. The number of hydrogen-bond acceptors (Lipinski definition) is 3. The van der Waals surface area contributed by atoms with Gasteiger partial charge in [0.1, 0.15) is 18.5 Å². The summed E-state index contributed by atoms with van der Waals surface area (Å²) in [5.41, 5.74) is 0.953. The van der Waals surface area contributed by atoms with Crippen LogP contribution in [0.1, 0.15) is 19.5 Å². The first-order valence-corrected chi connectivity index (χ1v) is 4.63. The van der Waals surface area contributed by atoms with Gasteiger partial charge in [0.05, 0.1) is 0 Å². The molecule has 0 amide bonds. The van der Waals surface area contributed by atoms with Crippen LogP contribution in [0.5, 0.6) is 0 Å². The van der Waals surface area contributed by atoms with Crippen molar-refractivity contribution in [3.05, 3.63) is 36.8 Å². The number of aryl methyl sites for hydroxylation is 1.